The molecule has 1 aliphatic rings. The van der Waals surface area contributed by atoms with E-state index in [2.05, 4.69) is 15.2 Å². The molecule has 2 aromatic carbocycles. The Kier molecular flexibility index (Phi) is 6.44. The molecule has 35 heavy (non-hydrogen) atoms. The lowest BCUT2D eigenvalue weighted by Gasteiger charge is -2.23. The lowest BCUT2D eigenvalue weighted by atomic mass is 9.94. The Morgan fingerprint density at radius 1 is 1.26 bits per heavy atom. The number of hydrogen-bond donors (Lipinski definition) is 1. The van der Waals surface area contributed by atoms with Gasteiger partial charge in [0.15, 0.2) is 0 Å². The van der Waals surface area contributed by atoms with Crippen molar-refractivity contribution in [2.75, 3.05) is 6.54 Å². The summed E-state index contributed by atoms with van der Waals surface area (Å²) in [6, 6.07) is 15.0. The molecule has 0 saturated carbocycles. The van der Waals surface area contributed by atoms with Crippen LogP contribution in [-0.2, 0) is 12.0 Å². The Bertz CT molecular complexity index is 1350. The van der Waals surface area contributed by atoms with Crippen molar-refractivity contribution >= 4 is 28.8 Å². The number of likely N-dealkylation sites (tertiary alicyclic amines) is 1. The third kappa shape index (κ3) is 5.00. The zero-order valence-electron chi connectivity index (χ0n) is 19.6. The quantitative estimate of drug-likeness (QED) is 0.367. The number of rotatable bonds is 6. The van der Waals surface area contributed by atoms with Crippen LogP contribution in [0.1, 0.15) is 58.3 Å². The molecule has 0 aliphatic carbocycles. The third-order valence-electron chi connectivity index (χ3n) is 6.15. The lowest BCUT2D eigenvalue weighted by molar-refractivity contribution is 0.0735. The summed E-state index contributed by atoms with van der Waals surface area (Å²) < 4.78 is 5.98. The fourth-order valence-corrected chi connectivity index (χ4v) is 5.64. The smallest absolute Gasteiger partial charge is 0.254 e. The van der Waals surface area contributed by atoms with E-state index in [0.717, 1.165) is 29.1 Å². The number of thiazole rings is 1. The first-order valence-corrected chi connectivity index (χ1v) is 12.8. The van der Waals surface area contributed by atoms with Crippen LogP contribution in [0.4, 0.5) is 0 Å². The molecule has 1 saturated heterocycles. The number of aromatic nitrogens is 3. The van der Waals surface area contributed by atoms with Crippen LogP contribution in [0.2, 0.25) is 5.02 Å². The van der Waals surface area contributed by atoms with Crippen molar-refractivity contribution in [2.24, 2.45) is 5.73 Å². The van der Waals surface area contributed by atoms with Crippen molar-refractivity contribution in [3.8, 4) is 11.5 Å². The zero-order valence-corrected chi connectivity index (χ0v) is 21.1. The molecule has 2 N–H and O–H groups in total. The molecule has 5 rings (SSSR count). The molecule has 3 heterocycles. The normalized spacial score (nSPS) is 17.5. The SMILES string of the molecule is Cc1csc([C@H]2CCCN2C(=O)c2cc(Cl)cc(-c3nnc([C@](C)(N)Cc4ccccc4)o3)c2)n1. The van der Waals surface area contributed by atoms with E-state index in [9.17, 15) is 4.79 Å². The average molecular weight is 508 g/mol. The molecule has 180 valence electrons. The Morgan fingerprint density at radius 3 is 2.80 bits per heavy atom. The third-order valence-corrected chi connectivity index (χ3v) is 7.44. The maximum Gasteiger partial charge on any atom is 0.254 e. The number of halogens is 1. The minimum atomic E-state index is -0.849. The first kappa shape index (κ1) is 23.7. The van der Waals surface area contributed by atoms with Crippen molar-refractivity contribution in [3.63, 3.8) is 0 Å². The predicted molar refractivity (Wildman–Crippen MR) is 136 cm³/mol. The summed E-state index contributed by atoms with van der Waals surface area (Å²) in [5.41, 5.74) is 8.79. The van der Waals surface area contributed by atoms with E-state index in [-0.39, 0.29) is 17.8 Å². The van der Waals surface area contributed by atoms with E-state index >= 15 is 0 Å². The average Bonchev–Trinajstić information content (AvgIpc) is 3.59. The van der Waals surface area contributed by atoms with Gasteiger partial charge in [-0.2, -0.15) is 0 Å². The van der Waals surface area contributed by atoms with E-state index in [0.29, 0.717) is 35.0 Å². The van der Waals surface area contributed by atoms with Gasteiger partial charge in [-0.3, -0.25) is 4.79 Å². The van der Waals surface area contributed by atoms with Gasteiger partial charge >= 0.3 is 0 Å². The lowest BCUT2D eigenvalue weighted by Crippen LogP contribution is -2.35. The van der Waals surface area contributed by atoms with Crippen LogP contribution in [0.25, 0.3) is 11.5 Å². The molecule has 2 atom stereocenters. The monoisotopic (exact) mass is 507 g/mol. The first-order chi connectivity index (χ1) is 16.8. The van der Waals surface area contributed by atoms with Crippen LogP contribution in [0, 0.1) is 6.92 Å². The molecular weight excluding hydrogens is 482 g/mol. The highest BCUT2D eigenvalue weighted by molar-refractivity contribution is 7.09. The van der Waals surface area contributed by atoms with Gasteiger partial charge in [0.1, 0.15) is 5.01 Å². The van der Waals surface area contributed by atoms with E-state index in [1.165, 1.54) is 0 Å². The van der Waals surface area contributed by atoms with Crippen LogP contribution >= 0.6 is 22.9 Å². The number of carbonyl (C=O) groups is 1. The maximum absolute atomic E-state index is 13.5. The number of amides is 1. The van der Waals surface area contributed by atoms with Crippen LogP contribution in [0.15, 0.2) is 58.3 Å². The molecule has 1 aliphatic heterocycles. The van der Waals surface area contributed by atoms with Gasteiger partial charge in [0.25, 0.3) is 5.91 Å². The fourth-order valence-electron chi connectivity index (χ4n) is 4.46. The summed E-state index contributed by atoms with van der Waals surface area (Å²) in [6.45, 7) is 4.51. The van der Waals surface area contributed by atoms with Crippen LogP contribution < -0.4 is 5.73 Å². The summed E-state index contributed by atoms with van der Waals surface area (Å²) in [7, 11) is 0. The highest BCUT2D eigenvalue weighted by atomic mass is 35.5. The van der Waals surface area contributed by atoms with E-state index in [4.69, 9.17) is 21.8 Å². The Labute approximate surface area is 213 Å². The predicted octanol–water partition coefficient (Wildman–Crippen LogP) is 5.55. The van der Waals surface area contributed by atoms with Gasteiger partial charge < -0.3 is 15.1 Å². The molecule has 2 aromatic heterocycles. The van der Waals surface area contributed by atoms with Gasteiger partial charge in [0.05, 0.1) is 11.6 Å². The molecule has 1 fully saturated rings. The number of aryl methyl sites for hydroxylation is 1. The topological polar surface area (TPSA) is 98.1 Å². The largest absolute Gasteiger partial charge is 0.419 e. The molecule has 0 radical (unpaired) electrons. The second kappa shape index (κ2) is 9.53. The summed E-state index contributed by atoms with van der Waals surface area (Å²) in [4.78, 5) is 20.0. The van der Waals surface area contributed by atoms with Crippen molar-refractivity contribution in [2.45, 2.75) is 44.7 Å². The standard InChI is InChI=1S/C26H26ClN5O2S/c1-16-15-35-23(29-16)21-9-6-10-32(21)24(33)19-11-18(12-20(27)13-19)22-30-31-25(34-22)26(2,28)14-17-7-4-3-5-8-17/h3-5,7-8,11-13,15,21H,6,9-10,14,28H2,1-2H3/t21-,26-/m1/s1. The van der Waals surface area contributed by atoms with Crippen LogP contribution in [0.3, 0.4) is 0 Å². The highest BCUT2D eigenvalue weighted by Crippen LogP contribution is 2.36. The van der Waals surface area contributed by atoms with Gasteiger partial charge in [-0.05, 0) is 56.9 Å². The second-order valence-corrected chi connectivity index (χ2v) is 10.5. The zero-order chi connectivity index (χ0) is 24.6. The molecular formula is C26H26ClN5O2S. The number of carbonyl (C=O) groups excluding carboxylic acids is 1. The Balaban J connectivity index is 1.40. The van der Waals surface area contributed by atoms with Gasteiger partial charge in [0, 0.05) is 33.8 Å². The fraction of sp³-hybridized carbons (Fsp3) is 0.308. The van der Waals surface area contributed by atoms with Gasteiger partial charge in [-0.1, -0.05) is 41.9 Å². The minimum absolute atomic E-state index is 0.0189. The van der Waals surface area contributed by atoms with Crippen molar-refractivity contribution in [3.05, 3.63) is 86.7 Å². The van der Waals surface area contributed by atoms with E-state index in [1.54, 1.807) is 29.5 Å². The molecule has 0 bridgehead atoms. The van der Waals surface area contributed by atoms with Crippen LogP contribution in [0.5, 0.6) is 0 Å². The van der Waals surface area contributed by atoms with Crippen LogP contribution in [-0.4, -0.2) is 32.5 Å². The molecule has 1 amide bonds. The number of benzene rings is 2. The van der Waals surface area contributed by atoms with E-state index in [1.807, 2.05) is 54.5 Å². The van der Waals surface area contributed by atoms with Gasteiger partial charge in [-0.25, -0.2) is 4.98 Å². The summed E-state index contributed by atoms with van der Waals surface area (Å²) >= 11 is 8.01. The van der Waals surface area contributed by atoms with Gasteiger partial charge in [-0.15, -0.1) is 21.5 Å². The summed E-state index contributed by atoms with van der Waals surface area (Å²) in [6.07, 6.45) is 2.38. The molecule has 4 aromatic rings. The van der Waals surface area contributed by atoms with Crippen molar-refractivity contribution in [1.29, 1.82) is 0 Å². The van der Waals surface area contributed by atoms with Crippen molar-refractivity contribution in [1.82, 2.24) is 20.1 Å². The maximum atomic E-state index is 13.5. The van der Waals surface area contributed by atoms with Gasteiger partial charge in [0.2, 0.25) is 11.8 Å². The second-order valence-electron chi connectivity index (χ2n) is 9.20. The van der Waals surface area contributed by atoms with Crippen molar-refractivity contribution < 1.29 is 9.21 Å². The Morgan fingerprint density at radius 2 is 2.06 bits per heavy atom. The Hall–Kier alpha value is -3.07. The number of hydrogen-bond acceptors (Lipinski definition) is 7. The highest BCUT2D eigenvalue weighted by Gasteiger charge is 2.33. The molecule has 9 heteroatoms. The number of nitrogens with zero attached hydrogens (tertiary/aromatic N) is 4. The molecule has 0 unspecified atom stereocenters. The summed E-state index contributed by atoms with van der Waals surface area (Å²) in [5, 5.41) is 11.8. The number of nitrogens with two attached hydrogens (primary N) is 1. The minimum Gasteiger partial charge on any atom is -0.419 e. The molecule has 0 spiro atoms. The molecule has 7 nitrogen and oxygen atoms in total. The van der Waals surface area contributed by atoms with E-state index < -0.39 is 5.54 Å². The first-order valence-electron chi connectivity index (χ1n) is 11.5. The summed E-state index contributed by atoms with van der Waals surface area (Å²) in [5.74, 6) is 0.509.